The zero-order chi connectivity index (χ0) is 14.9. The first-order chi connectivity index (χ1) is 10.2. The molecular weight excluding hydrogens is 264 g/mol. The predicted octanol–water partition coefficient (Wildman–Crippen LogP) is 1.91. The van der Waals surface area contributed by atoms with Gasteiger partial charge in [-0.15, -0.1) is 0 Å². The number of carbonyl (C=O) groups excluding carboxylic acids is 1. The molecular formula is C16H22N4O. The Hall–Kier alpha value is -1.88. The Kier molecular flexibility index (Phi) is 3.68. The van der Waals surface area contributed by atoms with E-state index in [2.05, 4.69) is 5.32 Å². The number of amides is 1. The van der Waals surface area contributed by atoms with Crippen molar-refractivity contribution in [1.29, 1.82) is 5.41 Å². The largest absolute Gasteiger partial charge is 0.398 e. The third kappa shape index (κ3) is 2.42. The van der Waals surface area contributed by atoms with Crippen molar-refractivity contribution >= 4 is 23.5 Å². The number of nitrogens with two attached hydrogens (primary N) is 1. The minimum Gasteiger partial charge on any atom is -0.398 e. The van der Waals surface area contributed by atoms with Crippen molar-refractivity contribution in [3.8, 4) is 0 Å². The molecule has 21 heavy (non-hydrogen) atoms. The van der Waals surface area contributed by atoms with Gasteiger partial charge < -0.3 is 21.4 Å². The molecule has 5 nitrogen and oxygen atoms in total. The maximum atomic E-state index is 12.5. The molecule has 1 aliphatic carbocycles. The SMILES string of the molecule is N=Cc1cc(N2C(=O)CNCC23CCCCC3)ccc1N. The summed E-state index contributed by atoms with van der Waals surface area (Å²) < 4.78 is 0. The van der Waals surface area contributed by atoms with Crippen LogP contribution in [0.15, 0.2) is 18.2 Å². The van der Waals surface area contributed by atoms with Crippen LogP contribution in [-0.4, -0.2) is 30.8 Å². The van der Waals surface area contributed by atoms with Crippen LogP contribution in [0.5, 0.6) is 0 Å². The van der Waals surface area contributed by atoms with Gasteiger partial charge in [0.1, 0.15) is 0 Å². The molecule has 0 atom stereocenters. The lowest BCUT2D eigenvalue weighted by Crippen LogP contribution is -2.65. The molecule has 1 spiro atoms. The van der Waals surface area contributed by atoms with E-state index < -0.39 is 0 Å². The number of nitrogen functional groups attached to an aromatic ring is 1. The Morgan fingerprint density at radius 3 is 2.76 bits per heavy atom. The fraction of sp³-hybridized carbons (Fsp3) is 0.500. The minimum atomic E-state index is -0.108. The zero-order valence-corrected chi connectivity index (χ0v) is 12.2. The molecule has 0 unspecified atom stereocenters. The summed E-state index contributed by atoms with van der Waals surface area (Å²) in [5.74, 6) is 0.115. The lowest BCUT2D eigenvalue weighted by atomic mass is 9.78. The molecule has 1 heterocycles. The molecule has 3 rings (SSSR count). The van der Waals surface area contributed by atoms with Gasteiger partial charge in [-0.25, -0.2) is 0 Å². The number of hydrogen-bond donors (Lipinski definition) is 3. The smallest absolute Gasteiger partial charge is 0.241 e. The van der Waals surface area contributed by atoms with Crippen LogP contribution in [0.25, 0.3) is 0 Å². The highest BCUT2D eigenvalue weighted by Gasteiger charge is 2.43. The molecule has 1 aliphatic heterocycles. The maximum absolute atomic E-state index is 12.5. The molecule has 1 amide bonds. The number of piperazine rings is 1. The second-order valence-corrected chi connectivity index (χ2v) is 6.08. The highest BCUT2D eigenvalue weighted by atomic mass is 16.2. The second kappa shape index (κ2) is 5.48. The number of hydrogen-bond acceptors (Lipinski definition) is 4. The van der Waals surface area contributed by atoms with Gasteiger partial charge in [0.2, 0.25) is 5.91 Å². The summed E-state index contributed by atoms with van der Waals surface area (Å²) in [6.45, 7) is 1.23. The van der Waals surface area contributed by atoms with Crippen LogP contribution < -0.4 is 16.0 Å². The lowest BCUT2D eigenvalue weighted by Gasteiger charge is -2.49. The van der Waals surface area contributed by atoms with Gasteiger partial charge in [-0.3, -0.25) is 4.79 Å². The second-order valence-electron chi connectivity index (χ2n) is 6.08. The van der Waals surface area contributed by atoms with E-state index in [9.17, 15) is 4.79 Å². The highest BCUT2D eigenvalue weighted by Crippen LogP contribution is 2.38. The van der Waals surface area contributed by atoms with E-state index >= 15 is 0 Å². The molecule has 2 fully saturated rings. The van der Waals surface area contributed by atoms with Crippen LogP contribution in [-0.2, 0) is 4.79 Å². The number of benzene rings is 1. The van der Waals surface area contributed by atoms with Gasteiger partial charge in [0.15, 0.2) is 0 Å². The number of nitrogens with one attached hydrogen (secondary N) is 2. The summed E-state index contributed by atoms with van der Waals surface area (Å²) >= 11 is 0. The first-order valence-electron chi connectivity index (χ1n) is 7.60. The first-order valence-corrected chi connectivity index (χ1v) is 7.60. The van der Waals surface area contributed by atoms with Gasteiger partial charge in [0.25, 0.3) is 0 Å². The molecule has 1 saturated heterocycles. The highest BCUT2D eigenvalue weighted by molar-refractivity contribution is 5.99. The molecule has 0 aromatic heterocycles. The Bertz CT molecular complexity index is 558. The molecule has 2 aliphatic rings. The zero-order valence-electron chi connectivity index (χ0n) is 12.2. The standard InChI is InChI=1S/C16H22N4O/c17-9-12-8-13(4-5-14(12)18)20-15(21)10-19-11-16(20)6-2-1-3-7-16/h4-5,8-9,17,19H,1-3,6-7,10-11,18H2. The van der Waals surface area contributed by atoms with E-state index in [4.69, 9.17) is 11.1 Å². The Labute approximate surface area is 125 Å². The van der Waals surface area contributed by atoms with Gasteiger partial charge in [0, 0.05) is 29.7 Å². The van der Waals surface area contributed by atoms with Crippen LogP contribution in [0.3, 0.4) is 0 Å². The average Bonchev–Trinajstić information content (AvgIpc) is 2.49. The van der Waals surface area contributed by atoms with E-state index in [-0.39, 0.29) is 11.4 Å². The fourth-order valence-corrected chi connectivity index (χ4v) is 3.68. The minimum absolute atomic E-state index is 0.108. The van der Waals surface area contributed by atoms with Crippen molar-refractivity contribution in [2.75, 3.05) is 23.7 Å². The number of rotatable bonds is 2. The molecule has 112 valence electrons. The van der Waals surface area contributed by atoms with E-state index in [1.165, 1.54) is 12.6 Å². The van der Waals surface area contributed by atoms with E-state index in [1.54, 1.807) is 6.07 Å². The molecule has 1 saturated carbocycles. The van der Waals surface area contributed by atoms with Gasteiger partial charge in [-0.2, -0.15) is 0 Å². The van der Waals surface area contributed by atoms with Crippen molar-refractivity contribution in [3.05, 3.63) is 23.8 Å². The van der Waals surface area contributed by atoms with Crippen LogP contribution in [0.2, 0.25) is 0 Å². The average molecular weight is 286 g/mol. The van der Waals surface area contributed by atoms with Gasteiger partial charge in [-0.1, -0.05) is 19.3 Å². The maximum Gasteiger partial charge on any atom is 0.241 e. The van der Waals surface area contributed by atoms with Gasteiger partial charge in [0.05, 0.1) is 12.1 Å². The molecule has 1 aromatic carbocycles. The van der Waals surface area contributed by atoms with E-state index in [0.29, 0.717) is 17.8 Å². The number of carbonyl (C=O) groups is 1. The summed E-state index contributed by atoms with van der Waals surface area (Å²) in [5, 5.41) is 10.7. The summed E-state index contributed by atoms with van der Waals surface area (Å²) in [5.41, 5.74) is 7.88. The molecule has 0 radical (unpaired) electrons. The van der Waals surface area contributed by atoms with Crippen molar-refractivity contribution in [3.63, 3.8) is 0 Å². The summed E-state index contributed by atoms with van der Waals surface area (Å²) in [6.07, 6.45) is 6.90. The Morgan fingerprint density at radius 1 is 1.29 bits per heavy atom. The van der Waals surface area contributed by atoms with Crippen LogP contribution in [0.1, 0.15) is 37.7 Å². The summed E-state index contributed by atoms with van der Waals surface area (Å²) in [6, 6.07) is 5.56. The molecule has 5 heteroatoms. The van der Waals surface area contributed by atoms with Gasteiger partial charge in [-0.05, 0) is 31.0 Å². The van der Waals surface area contributed by atoms with Crippen LogP contribution >= 0.6 is 0 Å². The van der Waals surface area contributed by atoms with Crippen molar-refractivity contribution in [2.45, 2.75) is 37.6 Å². The number of anilines is 2. The Balaban J connectivity index is 2.03. The third-order valence-corrected chi connectivity index (χ3v) is 4.72. The lowest BCUT2D eigenvalue weighted by molar-refractivity contribution is -0.120. The summed E-state index contributed by atoms with van der Waals surface area (Å²) in [7, 11) is 0. The quantitative estimate of drug-likeness (QED) is 0.573. The van der Waals surface area contributed by atoms with E-state index in [0.717, 1.165) is 37.9 Å². The van der Waals surface area contributed by atoms with Crippen molar-refractivity contribution in [1.82, 2.24) is 5.32 Å². The monoisotopic (exact) mass is 286 g/mol. The number of nitrogens with zero attached hydrogens (tertiary/aromatic N) is 1. The van der Waals surface area contributed by atoms with Crippen molar-refractivity contribution < 1.29 is 4.79 Å². The molecule has 0 bridgehead atoms. The summed E-state index contributed by atoms with van der Waals surface area (Å²) in [4.78, 5) is 14.5. The molecule has 1 aromatic rings. The van der Waals surface area contributed by atoms with Crippen molar-refractivity contribution in [2.24, 2.45) is 0 Å². The van der Waals surface area contributed by atoms with Crippen LogP contribution in [0.4, 0.5) is 11.4 Å². The third-order valence-electron chi connectivity index (χ3n) is 4.72. The first kappa shape index (κ1) is 14.1. The van der Waals surface area contributed by atoms with Crippen LogP contribution in [0, 0.1) is 5.41 Å². The van der Waals surface area contributed by atoms with Gasteiger partial charge >= 0.3 is 0 Å². The van der Waals surface area contributed by atoms with E-state index in [1.807, 2.05) is 17.0 Å². The Morgan fingerprint density at radius 2 is 2.05 bits per heavy atom. The fourth-order valence-electron chi connectivity index (χ4n) is 3.68. The normalized spacial score (nSPS) is 21.5. The predicted molar refractivity (Wildman–Crippen MR) is 84.9 cm³/mol. The molecule has 4 N–H and O–H groups in total. The topological polar surface area (TPSA) is 82.2 Å².